The molecule has 3 rings (SSSR count). The van der Waals surface area contributed by atoms with Crippen LogP contribution in [0, 0.1) is 0 Å². The fourth-order valence-electron chi connectivity index (χ4n) is 3.16. The van der Waals surface area contributed by atoms with Crippen molar-refractivity contribution in [1.29, 1.82) is 0 Å². The van der Waals surface area contributed by atoms with Crippen LogP contribution in [-0.4, -0.2) is 56.2 Å². The molecule has 3 amide bonds. The number of hydrogen-bond donors (Lipinski definition) is 2. The summed E-state index contributed by atoms with van der Waals surface area (Å²) in [5.74, 6) is 0.197. The molecule has 11 heteroatoms. The van der Waals surface area contributed by atoms with Crippen molar-refractivity contribution >= 4 is 35.2 Å². The number of nitrogens with one attached hydrogen (secondary N) is 1. The summed E-state index contributed by atoms with van der Waals surface area (Å²) in [7, 11) is 0. The molecule has 2 heterocycles. The molecule has 33 heavy (non-hydrogen) atoms. The molecule has 0 radical (unpaired) electrons. The zero-order valence-corrected chi connectivity index (χ0v) is 19.3. The molecule has 0 spiro atoms. The van der Waals surface area contributed by atoms with Gasteiger partial charge in [0.2, 0.25) is 11.8 Å². The van der Waals surface area contributed by atoms with Gasteiger partial charge in [-0.2, -0.15) is 0 Å². The molecule has 1 aromatic carbocycles. The molecule has 2 aromatic heterocycles. The summed E-state index contributed by atoms with van der Waals surface area (Å²) in [6.45, 7) is 5.32. The standard InChI is InChI=1S/C22H26N6O4S/c1-3-27(4-2)21(31)15-7-5-8-16(13-15)24-19(30)14-33-22-26-25-20(17-9-6-12-32-17)28(22)11-10-18(23)29/h5-9,12-13H,3-4,10-11,14H2,1-2H3,(H2,23,29)(H,24,30). The first-order chi connectivity index (χ1) is 15.9. The average molecular weight is 471 g/mol. The number of carbonyl (C=O) groups excluding carboxylic acids is 3. The van der Waals surface area contributed by atoms with Crippen LogP contribution in [-0.2, 0) is 16.1 Å². The van der Waals surface area contributed by atoms with Crippen molar-refractivity contribution < 1.29 is 18.8 Å². The highest BCUT2D eigenvalue weighted by atomic mass is 32.2. The van der Waals surface area contributed by atoms with Crippen molar-refractivity contribution in [2.75, 3.05) is 24.2 Å². The lowest BCUT2D eigenvalue weighted by molar-refractivity contribution is -0.118. The van der Waals surface area contributed by atoms with Crippen molar-refractivity contribution in [2.45, 2.75) is 32.0 Å². The van der Waals surface area contributed by atoms with Crippen molar-refractivity contribution in [3.63, 3.8) is 0 Å². The Morgan fingerprint density at radius 2 is 1.94 bits per heavy atom. The Kier molecular flexibility index (Phi) is 8.25. The normalized spacial score (nSPS) is 10.7. The van der Waals surface area contributed by atoms with Crippen molar-refractivity contribution in [3.8, 4) is 11.6 Å². The predicted octanol–water partition coefficient (Wildman–Crippen LogP) is 2.63. The van der Waals surface area contributed by atoms with E-state index in [1.54, 1.807) is 45.9 Å². The number of thioether (sulfide) groups is 1. The third kappa shape index (κ3) is 6.22. The van der Waals surface area contributed by atoms with Gasteiger partial charge in [-0.3, -0.25) is 19.0 Å². The van der Waals surface area contributed by atoms with Gasteiger partial charge in [0.25, 0.3) is 5.91 Å². The van der Waals surface area contributed by atoms with Crippen LogP contribution < -0.4 is 11.1 Å². The van der Waals surface area contributed by atoms with Gasteiger partial charge in [0, 0.05) is 37.3 Å². The van der Waals surface area contributed by atoms with Gasteiger partial charge in [-0.25, -0.2) is 0 Å². The highest BCUT2D eigenvalue weighted by Crippen LogP contribution is 2.25. The van der Waals surface area contributed by atoms with E-state index in [0.717, 1.165) is 0 Å². The van der Waals surface area contributed by atoms with Crippen LogP contribution in [0.2, 0.25) is 0 Å². The van der Waals surface area contributed by atoms with Crippen molar-refractivity contribution in [1.82, 2.24) is 19.7 Å². The molecule has 10 nitrogen and oxygen atoms in total. The molecule has 0 atom stereocenters. The molecule has 0 aliphatic rings. The Hall–Kier alpha value is -3.60. The minimum atomic E-state index is -0.457. The van der Waals surface area contributed by atoms with Crippen LogP contribution in [0.1, 0.15) is 30.6 Å². The number of nitrogens with two attached hydrogens (primary N) is 1. The van der Waals surface area contributed by atoms with Crippen LogP contribution in [0.3, 0.4) is 0 Å². The first-order valence-electron chi connectivity index (χ1n) is 10.5. The average Bonchev–Trinajstić information content (AvgIpc) is 3.47. The number of amides is 3. The molecule has 0 aliphatic heterocycles. The summed E-state index contributed by atoms with van der Waals surface area (Å²) in [5, 5.41) is 11.5. The van der Waals surface area contributed by atoms with Crippen LogP contribution in [0.25, 0.3) is 11.6 Å². The predicted molar refractivity (Wildman–Crippen MR) is 125 cm³/mol. The maximum atomic E-state index is 12.6. The monoisotopic (exact) mass is 470 g/mol. The maximum Gasteiger partial charge on any atom is 0.253 e. The summed E-state index contributed by atoms with van der Waals surface area (Å²) in [6, 6.07) is 10.3. The Morgan fingerprint density at radius 1 is 1.15 bits per heavy atom. The maximum absolute atomic E-state index is 12.6. The first kappa shape index (κ1) is 24.1. The van der Waals surface area contributed by atoms with E-state index in [-0.39, 0.29) is 30.5 Å². The Morgan fingerprint density at radius 3 is 2.61 bits per heavy atom. The number of anilines is 1. The molecule has 0 saturated heterocycles. The van der Waals surface area contributed by atoms with Gasteiger partial charge < -0.3 is 20.4 Å². The number of aromatic nitrogens is 3. The van der Waals surface area contributed by atoms with Gasteiger partial charge in [-0.1, -0.05) is 17.8 Å². The van der Waals surface area contributed by atoms with E-state index in [0.29, 0.717) is 41.1 Å². The molecular weight excluding hydrogens is 444 g/mol. The Bertz CT molecular complexity index is 1110. The van der Waals surface area contributed by atoms with E-state index >= 15 is 0 Å². The van der Waals surface area contributed by atoms with Gasteiger partial charge in [-0.05, 0) is 44.2 Å². The highest BCUT2D eigenvalue weighted by Gasteiger charge is 2.18. The molecule has 0 aliphatic carbocycles. The molecule has 0 bridgehead atoms. The van der Waals surface area contributed by atoms with Crippen LogP contribution in [0.5, 0.6) is 0 Å². The number of nitrogens with zero attached hydrogens (tertiary/aromatic N) is 4. The minimum Gasteiger partial charge on any atom is -0.461 e. The second-order valence-electron chi connectivity index (χ2n) is 7.05. The zero-order valence-electron chi connectivity index (χ0n) is 18.5. The second kappa shape index (κ2) is 11.3. The topological polar surface area (TPSA) is 136 Å². The van der Waals surface area contributed by atoms with Crippen molar-refractivity contribution in [2.24, 2.45) is 5.73 Å². The molecular formula is C22H26N6O4S. The summed E-state index contributed by atoms with van der Waals surface area (Å²) in [6.07, 6.45) is 1.61. The lowest BCUT2D eigenvalue weighted by atomic mass is 10.1. The number of furan rings is 1. The van der Waals surface area contributed by atoms with Gasteiger partial charge in [0.1, 0.15) is 0 Å². The molecule has 0 unspecified atom stereocenters. The Labute approximate surface area is 195 Å². The van der Waals surface area contributed by atoms with E-state index in [2.05, 4.69) is 15.5 Å². The molecule has 0 saturated carbocycles. The van der Waals surface area contributed by atoms with Crippen LogP contribution in [0.4, 0.5) is 5.69 Å². The number of rotatable bonds is 11. The number of hydrogen-bond acceptors (Lipinski definition) is 7. The van der Waals surface area contributed by atoms with Gasteiger partial charge in [-0.15, -0.1) is 10.2 Å². The van der Waals surface area contributed by atoms with Gasteiger partial charge in [0.15, 0.2) is 16.7 Å². The number of benzene rings is 1. The van der Waals surface area contributed by atoms with Gasteiger partial charge in [0.05, 0.1) is 12.0 Å². The largest absolute Gasteiger partial charge is 0.461 e. The molecule has 174 valence electrons. The van der Waals surface area contributed by atoms with E-state index in [1.165, 1.54) is 18.0 Å². The fourth-order valence-corrected chi connectivity index (χ4v) is 3.92. The lowest BCUT2D eigenvalue weighted by Gasteiger charge is -2.19. The number of primary amides is 1. The van der Waals surface area contributed by atoms with Crippen molar-refractivity contribution in [3.05, 3.63) is 48.2 Å². The molecule has 0 fully saturated rings. The highest BCUT2D eigenvalue weighted by molar-refractivity contribution is 7.99. The summed E-state index contributed by atoms with van der Waals surface area (Å²) in [4.78, 5) is 38.1. The Balaban J connectivity index is 1.67. The second-order valence-corrected chi connectivity index (χ2v) is 7.99. The lowest BCUT2D eigenvalue weighted by Crippen LogP contribution is -2.30. The fraction of sp³-hybridized carbons (Fsp3) is 0.318. The molecule has 3 aromatic rings. The van der Waals surface area contributed by atoms with E-state index in [9.17, 15) is 14.4 Å². The third-order valence-corrected chi connectivity index (χ3v) is 5.78. The quantitative estimate of drug-likeness (QED) is 0.411. The first-order valence-corrected chi connectivity index (χ1v) is 11.5. The summed E-state index contributed by atoms with van der Waals surface area (Å²) in [5.41, 5.74) is 6.34. The SMILES string of the molecule is CCN(CC)C(=O)c1cccc(NC(=O)CSc2nnc(-c3ccco3)n2CCC(N)=O)c1. The minimum absolute atomic E-state index is 0.0566. The number of carbonyl (C=O) groups is 3. The molecule has 3 N–H and O–H groups in total. The van der Waals surface area contributed by atoms with Crippen LogP contribution >= 0.6 is 11.8 Å². The zero-order chi connectivity index (χ0) is 23.8. The summed E-state index contributed by atoms with van der Waals surface area (Å²) < 4.78 is 7.09. The van der Waals surface area contributed by atoms with E-state index < -0.39 is 5.91 Å². The third-order valence-electron chi connectivity index (χ3n) is 4.82. The smallest absolute Gasteiger partial charge is 0.253 e. The summed E-state index contributed by atoms with van der Waals surface area (Å²) >= 11 is 1.18. The van der Waals surface area contributed by atoms with E-state index in [1.807, 2.05) is 13.8 Å². The van der Waals surface area contributed by atoms with Gasteiger partial charge >= 0.3 is 0 Å². The van der Waals surface area contributed by atoms with E-state index in [4.69, 9.17) is 10.2 Å². The van der Waals surface area contributed by atoms with Crippen LogP contribution in [0.15, 0.2) is 52.2 Å².